The molecule has 0 aromatic carbocycles. The largest absolute Gasteiger partial charge is 0.467 e. The lowest BCUT2D eigenvalue weighted by Gasteiger charge is -2.04. The molecule has 0 unspecified atom stereocenters. The maximum absolute atomic E-state index is 12.1. The highest BCUT2D eigenvalue weighted by molar-refractivity contribution is 7.14. The van der Waals surface area contributed by atoms with Gasteiger partial charge in [-0.1, -0.05) is 6.42 Å². The summed E-state index contributed by atoms with van der Waals surface area (Å²) >= 11 is 1.50. The SMILES string of the molecule is O=C(COC(=O)c1cc2c(s1)CCCCC2)NCc1ccco1. The van der Waals surface area contributed by atoms with E-state index in [2.05, 4.69) is 5.32 Å². The molecule has 1 aliphatic rings. The van der Waals surface area contributed by atoms with E-state index in [0.29, 0.717) is 10.6 Å². The second kappa shape index (κ2) is 7.46. The van der Waals surface area contributed by atoms with Crippen molar-refractivity contribution in [1.29, 1.82) is 0 Å². The lowest BCUT2D eigenvalue weighted by Crippen LogP contribution is -2.28. The minimum Gasteiger partial charge on any atom is -0.467 e. The molecule has 2 heterocycles. The quantitative estimate of drug-likeness (QED) is 0.674. The van der Waals surface area contributed by atoms with Crippen LogP contribution in [0.2, 0.25) is 0 Å². The van der Waals surface area contributed by atoms with Gasteiger partial charge < -0.3 is 14.5 Å². The van der Waals surface area contributed by atoms with Crippen molar-refractivity contribution in [3.05, 3.63) is 45.5 Å². The Morgan fingerprint density at radius 3 is 2.96 bits per heavy atom. The van der Waals surface area contributed by atoms with Crippen LogP contribution in [0, 0.1) is 0 Å². The Labute approximate surface area is 138 Å². The van der Waals surface area contributed by atoms with Gasteiger partial charge in [0.25, 0.3) is 5.91 Å². The molecule has 0 saturated carbocycles. The van der Waals surface area contributed by atoms with Crippen molar-refractivity contribution in [2.45, 2.75) is 38.6 Å². The average Bonchev–Trinajstić information content (AvgIpc) is 3.16. The van der Waals surface area contributed by atoms with Crippen molar-refractivity contribution in [3.8, 4) is 0 Å². The van der Waals surface area contributed by atoms with Crippen LogP contribution in [-0.4, -0.2) is 18.5 Å². The van der Waals surface area contributed by atoms with Crippen LogP contribution in [0.25, 0.3) is 0 Å². The molecule has 2 aromatic heterocycles. The summed E-state index contributed by atoms with van der Waals surface area (Å²) in [5.74, 6) is -0.101. The molecule has 3 rings (SSSR count). The van der Waals surface area contributed by atoms with E-state index in [1.165, 1.54) is 41.0 Å². The third kappa shape index (κ3) is 4.22. The van der Waals surface area contributed by atoms with Gasteiger partial charge in [0.1, 0.15) is 10.6 Å². The van der Waals surface area contributed by atoms with Gasteiger partial charge in [0.05, 0.1) is 12.8 Å². The number of esters is 1. The van der Waals surface area contributed by atoms with E-state index in [0.717, 1.165) is 12.8 Å². The first-order valence-electron chi connectivity index (χ1n) is 7.80. The molecule has 1 N–H and O–H groups in total. The molecule has 1 amide bonds. The van der Waals surface area contributed by atoms with Gasteiger partial charge in [-0.3, -0.25) is 4.79 Å². The number of hydrogen-bond donors (Lipinski definition) is 1. The highest BCUT2D eigenvalue weighted by atomic mass is 32.1. The Morgan fingerprint density at radius 2 is 2.13 bits per heavy atom. The number of nitrogens with one attached hydrogen (secondary N) is 1. The van der Waals surface area contributed by atoms with E-state index < -0.39 is 5.97 Å². The molecule has 0 bridgehead atoms. The summed E-state index contributed by atoms with van der Waals surface area (Å²) in [5, 5.41) is 2.64. The first-order valence-corrected chi connectivity index (χ1v) is 8.62. The second-order valence-electron chi connectivity index (χ2n) is 5.55. The zero-order valence-electron chi connectivity index (χ0n) is 12.8. The summed E-state index contributed by atoms with van der Waals surface area (Å²) in [4.78, 5) is 25.6. The molecule has 0 fully saturated rings. The molecule has 6 heteroatoms. The predicted molar refractivity (Wildman–Crippen MR) is 86.4 cm³/mol. The number of amides is 1. The molecule has 0 spiro atoms. The van der Waals surface area contributed by atoms with Crippen LogP contribution in [0.5, 0.6) is 0 Å². The molecule has 0 atom stereocenters. The Morgan fingerprint density at radius 1 is 1.26 bits per heavy atom. The first-order chi connectivity index (χ1) is 11.2. The number of ether oxygens (including phenoxy) is 1. The van der Waals surface area contributed by atoms with E-state index in [-0.39, 0.29) is 19.1 Å². The van der Waals surface area contributed by atoms with Crippen molar-refractivity contribution >= 4 is 23.2 Å². The lowest BCUT2D eigenvalue weighted by molar-refractivity contribution is -0.124. The number of carbonyl (C=O) groups excluding carboxylic acids is 2. The topological polar surface area (TPSA) is 68.5 Å². The number of thiophene rings is 1. The van der Waals surface area contributed by atoms with Crippen LogP contribution in [0.3, 0.4) is 0 Å². The Kier molecular flexibility index (Phi) is 5.12. The third-order valence-electron chi connectivity index (χ3n) is 3.82. The monoisotopic (exact) mass is 333 g/mol. The van der Waals surface area contributed by atoms with E-state index in [4.69, 9.17) is 9.15 Å². The number of rotatable bonds is 5. The molecule has 1 aliphatic carbocycles. The number of carbonyl (C=O) groups is 2. The van der Waals surface area contributed by atoms with E-state index in [1.54, 1.807) is 18.4 Å². The maximum atomic E-state index is 12.1. The number of aryl methyl sites for hydroxylation is 2. The molecule has 122 valence electrons. The maximum Gasteiger partial charge on any atom is 0.348 e. The lowest BCUT2D eigenvalue weighted by atomic mass is 10.1. The average molecular weight is 333 g/mol. The number of furan rings is 1. The van der Waals surface area contributed by atoms with Crippen LogP contribution in [0.4, 0.5) is 0 Å². The van der Waals surface area contributed by atoms with Gasteiger partial charge in [0, 0.05) is 4.88 Å². The van der Waals surface area contributed by atoms with Gasteiger partial charge in [-0.15, -0.1) is 11.3 Å². The van der Waals surface area contributed by atoms with Crippen LogP contribution < -0.4 is 5.32 Å². The van der Waals surface area contributed by atoms with E-state index in [1.807, 2.05) is 6.07 Å². The molecule has 0 radical (unpaired) electrons. The number of fused-ring (bicyclic) bond motifs is 1. The van der Waals surface area contributed by atoms with Crippen LogP contribution in [-0.2, 0) is 28.9 Å². The molecule has 0 aliphatic heterocycles. The van der Waals surface area contributed by atoms with Gasteiger partial charge >= 0.3 is 5.97 Å². The zero-order valence-corrected chi connectivity index (χ0v) is 13.6. The summed E-state index contributed by atoms with van der Waals surface area (Å²) in [6, 6.07) is 5.45. The Bertz CT molecular complexity index is 651. The first kappa shape index (κ1) is 15.8. The van der Waals surface area contributed by atoms with Crippen molar-refractivity contribution in [2.24, 2.45) is 0 Å². The number of hydrogen-bond acceptors (Lipinski definition) is 5. The van der Waals surface area contributed by atoms with Crippen molar-refractivity contribution in [1.82, 2.24) is 5.32 Å². The normalized spacial score (nSPS) is 13.9. The molecule has 2 aromatic rings. The van der Waals surface area contributed by atoms with Gasteiger partial charge in [-0.2, -0.15) is 0 Å². The molecule has 23 heavy (non-hydrogen) atoms. The van der Waals surface area contributed by atoms with E-state index >= 15 is 0 Å². The van der Waals surface area contributed by atoms with Crippen LogP contribution >= 0.6 is 11.3 Å². The van der Waals surface area contributed by atoms with E-state index in [9.17, 15) is 9.59 Å². The standard InChI is InChI=1S/C17H19NO4S/c19-16(18-10-13-6-4-8-21-13)11-22-17(20)15-9-12-5-2-1-3-7-14(12)23-15/h4,6,8-9H,1-3,5,7,10-11H2,(H,18,19). The Balaban J connectivity index is 1.48. The molecular weight excluding hydrogens is 314 g/mol. The van der Waals surface area contributed by atoms with Crippen molar-refractivity contribution in [2.75, 3.05) is 6.61 Å². The fourth-order valence-corrected chi connectivity index (χ4v) is 3.77. The summed E-state index contributed by atoms with van der Waals surface area (Å²) in [6.07, 6.45) is 7.21. The van der Waals surface area contributed by atoms with Gasteiger partial charge in [0.2, 0.25) is 0 Å². The van der Waals surface area contributed by atoms with Crippen molar-refractivity contribution < 1.29 is 18.7 Å². The minimum absolute atomic E-state index is 0.276. The summed E-state index contributed by atoms with van der Waals surface area (Å²) < 4.78 is 10.2. The smallest absolute Gasteiger partial charge is 0.348 e. The van der Waals surface area contributed by atoms with Gasteiger partial charge in [-0.05, 0) is 49.4 Å². The summed E-state index contributed by atoms with van der Waals surface area (Å²) in [5.41, 5.74) is 1.27. The fraction of sp³-hybridized carbons (Fsp3) is 0.412. The van der Waals surface area contributed by atoms with Gasteiger partial charge in [0.15, 0.2) is 6.61 Å². The zero-order chi connectivity index (χ0) is 16.1. The summed E-state index contributed by atoms with van der Waals surface area (Å²) in [7, 11) is 0. The second-order valence-corrected chi connectivity index (χ2v) is 6.69. The Hall–Kier alpha value is -2.08. The van der Waals surface area contributed by atoms with Crippen LogP contribution in [0.1, 0.15) is 45.1 Å². The van der Waals surface area contributed by atoms with Gasteiger partial charge in [-0.25, -0.2) is 4.79 Å². The minimum atomic E-state index is -0.420. The summed E-state index contributed by atoms with van der Waals surface area (Å²) in [6.45, 7) is 0.0127. The molecule has 0 saturated heterocycles. The molecular formula is C17H19NO4S. The highest BCUT2D eigenvalue weighted by Crippen LogP contribution is 2.29. The fourth-order valence-electron chi connectivity index (χ4n) is 2.62. The van der Waals surface area contributed by atoms with Crippen LogP contribution in [0.15, 0.2) is 28.9 Å². The predicted octanol–water partition coefficient (Wildman–Crippen LogP) is 3.08. The highest BCUT2D eigenvalue weighted by Gasteiger charge is 2.18. The van der Waals surface area contributed by atoms with Crippen molar-refractivity contribution in [3.63, 3.8) is 0 Å². The third-order valence-corrected chi connectivity index (χ3v) is 5.04. The molecule has 5 nitrogen and oxygen atoms in total.